The molecular weight excluding hydrogens is 184 g/mol. The van der Waals surface area contributed by atoms with Crippen LogP contribution in [0, 0.1) is 0 Å². The van der Waals surface area contributed by atoms with E-state index in [1.54, 1.807) is 0 Å². The molecule has 0 saturated carbocycles. The van der Waals surface area contributed by atoms with Crippen LogP contribution in [-0.4, -0.2) is 41.4 Å². The molecule has 1 rings (SSSR count). The summed E-state index contributed by atoms with van der Waals surface area (Å²) >= 11 is 1.44. The molecule has 0 saturated heterocycles. The van der Waals surface area contributed by atoms with Gasteiger partial charge in [0.2, 0.25) is 5.13 Å². The van der Waals surface area contributed by atoms with E-state index in [1.165, 1.54) is 11.5 Å². The summed E-state index contributed by atoms with van der Waals surface area (Å²) in [6.45, 7) is 4.00. The molecule has 4 nitrogen and oxygen atoms in total. The number of nitrogens with one attached hydrogen (secondary N) is 1. The van der Waals surface area contributed by atoms with E-state index in [1.807, 2.05) is 0 Å². The quantitative estimate of drug-likeness (QED) is 0.772. The highest BCUT2D eigenvalue weighted by Crippen LogP contribution is 2.10. The van der Waals surface area contributed by atoms with Crippen molar-refractivity contribution in [2.24, 2.45) is 0 Å². The molecule has 74 valence electrons. The summed E-state index contributed by atoms with van der Waals surface area (Å²) < 4.78 is 4.19. The van der Waals surface area contributed by atoms with Gasteiger partial charge in [0.1, 0.15) is 5.82 Å². The van der Waals surface area contributed by atoms with Crippen LogP contribution < -0.4 is 5.32 Å². The van der Waals surface area contributed by atoms with E-state index in [0.717, 1.165) is 30.5 Å². The third-order valence-corrected chi connectivity index (χ3v) is 2.33. The van der Waals surface area contributed by atoms with Gasteiger partial charge in [0.25, 0.3) is 0 Å². The molecular formula is C8H16N4S. The summed E-state index contributed by atoms with van der Waals surface area (Å²) in [7, 11) is 4.11. The van der Waals surface area contributed by atoms with Gasteiger partial charge in [0.05, 0.1) is 0 Å². The van der Waals surface area contributed by atoms with Gasteiger partial charge in [-0.3, -0.25) is 0 Å². The molecule has 0 aliphatic rings. The molecule has 0 aliphatic heterocycles. The van der Waals surface area contributed by atoms with E-state index in [2.05, 4.69) is 40.6 Å². The molecule has 1 N–H and O–H groups in total. The number of rotatable bonds is 5. The molecule has 0 aliphatic carbocycles. The topological polar surface area (TPSA) is 41.1 Å². The minimum absolute atomic E-state index is 0.909. The lowest BCUT2D eigenvalue weighted by molar-refractivity contribution is 0.425. The van der Waals surface area contributed by atoms with E-state index in [4.69, 9.17) is 0 Å². The fourth-order valence-corrected chi connectivity index (χ4v) is 1.53. The number of hydrogen-bond donors (Lipinski definition) is 1. The van der Waals surface area contributed by atoms with E-state index >= 15 is 0 Å². The van der Waals surface area contributed by atoms with Gasteiger partial charge in [-0.15, -0.1) is 0 Å². The zero-order valence-electron chi connectivity index (χ0n) is 8.37. The monoisotopic (exact) mass is 200 g/mol. The summed E-state index contributed by atoms with van der Waals surface area (Å²) in [5.41, 5.74) is 0. The van der Waals surface area contributed by atoms with Crippen molar-refractivity contribution >= 4 is 16.7 Å². The van der Waals surface area contributed by atoms with E-state index < -0.39 is 0 Å². The minimum atomic E-state index is 0.909. The number of aryl methyl sites for hydroxylation is 1. The molecule has 0 radical (unpaired) electrons. The number of hydrogen-bond acceptors (Lipinski definition) is 5. The molecule has 0 aromatic carbocycles. The second-order valence-corrected chi connectivity index (χ2v) is 3.85. The van der Waals surface area contributed by atoms with Crippen LogP contribution in [0.2, 0.25) is 0 Å². The standard InChI is InChI=1S/C8H16N4S/c1-4-7-10-8(13-11-7)9-5-6-12(2)3/h4-6H2,1-3H3,(H,9,10,11). The van der Waals surface area contributed by atoms with Crippen LogP contribution in [0.3, 0.4) is 0 Å². The van der Waals surface area contributed by atoms with Crippen molar-refractivity contribution in [3.8, 4) is 0 Å². The predicted molar refractivity (Wildman–Crippen MR) is 56.3 cm³/mol. The lowest BCUT2D eigenvalue weighted by Gasteiger charge is -2.08. The highest BCUT2D eigenvalue weighted by molar-refractivity contribution is 7.09. The zero-order valence-corrected chi connectivity index (χ0v) is 9.19. The second kappa shape index (κ2) is 5.14. The van der Waals surface area contributed by atoms with Crippen LogP contribution >= 0.6 is 11.5 Å². The Morgan fingerprint density at radius 3 is 2.77 bits per heavy atom. The molecule has 0 spiro atoms. The Hall–Kier alpha value is -0.680. The zero-order chi connectivity index (χ0) is 9.68. The Bertz CT molecular complexity index is 246. The fraction of sp³-hybridized carbons (Fsp3) is 0.750. The van der Waals surface area contributed by atoms with Crippen molar-refractivity contribution in [3.05, 3.63) is 5.82 Å². The van der Waals surface area contributed by atoms with Crippen LogP contribution in [-0.2, 0) is 6.42 Å². The fourth-order valence-electron chi connectivity index (χ4n) is 0.856. The molecule has 1 aromatic rings. The molecule has 0 fully saturated rings. The van der Waals surface area contributed by atoms with Gasteiger partial charge in [0, 0.05) is 31.0 Å². The number of aromatic nitrogens is 2. The molecule has 13 heavy (non-hydrogen) atoms. The van der Waals surface area contributed by atoms with Crippen molar-refractivity contribution in [2.45, 2.75) is 13.3 Å². The molecule has 1 aromatic heterocycles. The molecule has 0 bridgehead atoms. The number of likely N-dealkylation sites (N-methyl/N-ethyl adjacent to an activating group) is 1. The number of anilines is 1. The third-order valence-electron chi connectivity index (χ3n) is 1.62. The summed E-state index contributed by atoms with van der Waals surface area (Å²) in [6, 6.07) is 0. The largest absolute Gasteiger partial charge is 0.359 e. The average molecular weight is 200 g/mol. The Kier molecular flexibility index (Phi) is 4.11. The van der Waals surface area contributed by atoms with Gasteiger partial charge in [-0.2, -0.15) is 4.37 Å². The second-order valence-electron chi connectivity index (χ2n) is 3.10. The Balaban J connectivity index is 2.28. The van der Waals surface area contributed by atoms with Crippen molar-refractivity contribution in [3.63, 3.8) is 0 Å². The summed E-state index contributed by atoms with van der Waals surface area (Å²) in [5, 5.41) is 4.16. The van der Waals surface area contributed by atoms with Crippen molar-refractivity contribution in [1.29, 1.82) is 0 Å². The molecule has 1 heterocycles. The van der Waals surface area contributed by atoms with E-state index in [0.29, 0.717) is 0 Å². The molecule has 5 heteroatoms. The molecule has 0 unspecified atom stereocenters. The van der Waals surface area contributed by atoms with Gasteiger partial charge in [-0.1, -0.05) is 6.92 Å². The highest BCUT2D eigenvalue weighted by Gasteiger charge is 2.00. The smallest absolute Gasteiger partial charge is 0.202 e. The summed E-state index contributed by atoms with van der Waals surface area (Å²) in [4.78, 5) is 6.44. The Morgan fingerprint density at radius 2 is 2.23 bits per heavy atom. The Labute approximate surface area is 83.2 Å². The highest BCUT2D eigenvalue weighted by atomic mass is 32.1. The summed E-state index contributed by atoms with van der Waals surface area (Å²) in [5.74, 6) is 0.928. The summed E-state index contributed by atoms with van der Waals surface area (Å²) in [6.07, 6.45) is 0.909. The first-order valence-corrected chi connectivity index (χ1v) is 5.21. The lowest BCUT2D eigenvalue weighted by Crippen LogP contribution is -2.20. The van der Waals surface area contributed by atoms with Gasteiger partial charge < -0.3 is 10.2 Å². The van der Waals surface area contributed by atoms with Crippen molar-refractivity contribution in [2.75, 3.05) is 32.5 Å². The van der Waals surface area contributed by atoms with Crippen LogP contribution in [0.15, 0.2) is 0 Å². The maximum atomic E-state index is 4.30. The first kappa shape index (κ1) is 10.4. The van der Waals surface area contributed by atoms with Crippen molar-refractivity contribution in [1.82, 2.24) is 14.3 Å². The van der Waals surface area contributed by atoms with Gasteiger partial charge in [-0.25, -0.2) is 4.98 Å². The average Bonchev–Trinajstić information content (AvgIpc) is 2.52. The third kappa shape index (κ3) is 3.69. The first-order chi connectivity index (χ1) is 6.22. The minimum Gasteiger partial charge on any atom is -0.359 e. The van der Waals surface area contributed by atoms with Crippen molar-refractivity contribution < 1.29 is 0 Å². The van der Waals surface area contributed by atoms with Crippen LogP contribution in [0.4, 0.5) is 5.13 Å². The first-order valence-electron chi connectivity index (χ1n) is 4.43. The number of nitrogens with zero attached hydrogens (tertiary/aromatic N) is 3. The van der Waals surface area contributed by atoms with E-state index in [-0.39, 0.29) is 0 Å². The normalized spacial score (nSPS) is 10.8. The van der Waals surface area contributed by atoms with Gasteiger partial charge >= 0.3 is 0 Å². The van der Waals surface area contributed by atoms with Gasteiger partial charge in [-0.05, 0) is 14.1 Å². The molecule has 0 amide bonds. The predicted octanol–water partition coefficient (Wildman–Crippen LogP) is 1.07. The SMILES string of the molecule is CCc1nsc(NCCN(C)C)n1. The van der Waals surface area contributed by atoms with Crippen LogP contribution in [0.1, 0.15) is 12.7 Å². The maximum Gasteiger partial charge on any atom is 0.202 e. The van der Waals surface area contributed by atoms with Gasteiger partial charge in [0.15, 0.2) is 0 Å². The molecule has 0 atom stereocenters. The van der Waals surface area contributed by atoms with Crippen LogP contribution in [0.25, 0.3) is 0 Å². The van der Waals surface area contributed by atoms with E-state index in [9.17, 15) is 0 Å². The maximum absolute atomic E-state index is 4.30. The lowest BCUT2D eigenvalue weighted by atomic mass is 10.5. The Morgan fingerprint density at radius 1 is 1.46 bits per heavy atom. The van der Waals surface area contributed by atoms with Crippen LogP contribution in [0.5, 0.6) is 0 Å².